The number of hydrogen-bond donors (Lipinski definition) is 3. The molecule has 0 saturated carbocycles. The number of benzene rings is 2. The molecule has 0 aromatic heterocycles. The molecule has 5 nitrogen and oxygen atoms in total. The number of aliphatic hydroxyl groups excluding tert-OH is 1. The van der Waals surface area contributed by atoms with Gasteiger partial charge in [-0.05, 0) is 78.1 Å². The van der Waals surface area contributed by atoms with Crippen molar-refractivity contribution in [3.63, 3.8) is 0 Å². The van der Waals surface area contributed by atoms with Gasteiger partial charge in [0.05, 0.1) is 17.7 Å². The van der Waals surface area contributed by atoms with Gasteiger partial charge in [-0.15, -0.1) is 0 Å². The van der Waals surface area contributed by atoms with Crippen molar-refractivity contribution < 1.29 is 14.6 Å². The third-order valence-electron chi connectivity index (χ3n) is 4.33. The molecular formula is C22H31BrN2O3. The van der Waals surface area contributed by atoms with E-state index < -0.39 is 0 Å². The average molecular weight is 451 g/mol. The van der Waals surface area contributed by atoms with Crippen molar-refractivity contribution in [1.82, 2.24) is 10.6 Å². The Labute approximate surface area is 176 Å². The summed E-state index contributed by atoms with van der Waals surface area (Å²) in [6.45, 7) is 8.54. The van der Waals surface area contributed by atoms with Crippen molar-refractivity contribution in [2.24, 2.45) is 0 Å². The molecule has 0 fully saturated rings. The Bertz CT molecular complexity index is 725. The first-order valence-electron chi connectivity index (χ1n) is 9.80. The van der Waals surface area contributed by atoms with E-state index in [4.69, 9.17) is 14.6 Å². The van der Waals surface area contributed by atoms with Crippen LogP contribution < -0.4 is 20.1 Å². The summed E-state index contributed by atoms with van der Waals surface area (Å²) >= 11 is 3.64. The summed E-state index contributed by atoms with van der Waals surface area (Å²) in [5.41, 5.74) is 3.52. The van der Waals surface area contributed by atoms with Crippen LogP contribution in [-0.2, 0) is 13.2 Å². The minimum Gasteiger partial charge on any atom is -0.490 e. The highest BCUT2D eigenvalue weighted by molar-refractivity contribution is 9.10. The molecule has 0 radical (unpaired) electrons. The molecule has 2 aromatic carbocycles. The lowest BCUT2D eigenvalue weighted by molar-refractivity contribution is 0.267. The van der Waals surface area contributed by atoms with Gasteiger partial charge in [0.15, 0.2) is 11.5 Å². The first-order valence-corrected chi connectivity index (χ1v) is 10.6. The molecule has 0 aliphatic carbocycles. The van der Waals surface area contributed by atoms with E-state index in [0.29, 0.717) is 19.8 Å². The molecular weight excluding hydrogens is 420 g/mol. The second-order valence-corrected chi connectivity index (χ2v) is 7.41. The summed E-state index contributed by atoms with van der Waals surface area (Å²) in [6.07, 6.45) is 1.01. The van der Waals surface area contributed by atoms with Gasteiger partial charge in [-0.3, -0.25) is 0 Å². The maximum absolute atomic E-state index is 8.75. The van der Waals surface area contributed by atoms with Crippen LogP contribution in [0.15, 0.2) is 40.9 Å². The summed E-state index contributed by atoms with van der Waals surface area (Å²) < 4.78 is 12.8. The number of nitrogens with one attached hydrogen (secondary N) is 2. The van der Waals surface area contributed by atoms with Crippen LogP contribution in [0.1, 0.15) is 30.0 Å². The SMILES string of the molecule is CCOc1cc(CNCCCNCCO)cc(Br)c1OCc1ccccc1C. The molecule has 2 aromatic rings. The number of ether oxygens (including phenoxy) is 2. The fourth-order valence-corrected chi connectivity index (χ4v) is 3.43. The van der Waals surface area contributed by atoms with Crippen molar-refractivity contribution >= 4 is 15.9 Å². The smallest absolute Gasteiger partial charge is 0.175 e. The highest BCUT2D eigenvalue weighted by Gasteiger charge is 2.13. The van der Waals surface area contributed by atoms with E-state index >= 15 is 0 Å². The molecule has 0 bridgehead atoms. The maximum Gasteiger partial charge on any atom is 0.175 e. The zero-order valence-corrected chi connectivity index (χ0v) is 18.3. The number of rotatable bonds is 13. The first kappa shape index (κ1) is 22.7. The van der Waals surface area contributed by atoms with Crippen LogP contribution in [-0.4, -0.2) is 38.0 Å². The standard InChI is InChI=1S/C22H31BrN2O3/c1-3-27-21-14-18(15-25-10-6-9-24-11-12-26)13-20(23)22(21)28-16-19-8-5-4-7-17(19)2/h4-5,7-8,13-14,24-26H,3,6,9-12,15-16H2,1-2H3. The van der Waals surface area contributed by atoms with Gasteiger partial charge in [-0.25, -0.2) is 0 Å². The van der Waals surface area contributed by atoms with E-state index in [1.807, 2.05) is 25.1 Å². The lowest BCUT2D eigenvalue weighted by Crippen LogP contribution is -2.23. The van der Waals surface area contributed by atoms with Crippen LogP contribution in [0.2, 0.25) is 0 Å². The summed E-state index contributed by atoms with van der Waals surface area (Å²) in [7, 11) is 0. The van der Waals surface area contributed by atoms with Crippen LogP contribution in [0.3, 0.4) is 0 Å². The molecule has 0 aliphatic heterocycles. The van der Waals surface area contributed by atoms with Crippen molar-refractivity contribution in [1.29, 1.82) is 0 Å². The number of aryl methyl sites for hydroxylation is 1. The fraction of sp³-hybridized carbons (Fsp3) is 0.455. The van der Waals surface area contributed by atoms with Gasteiger partial charge >= 0.3 is 0 Å². The Morgan fingerprint density at radius 1 is 1.04 bits per heavy atom. The quantitative estimate of drug-likeness (QED) is 0.405. The van der Waals surface area contributed by atoms with Crippen LogP contribution in [0, 0.1) is 6.92 Å². The van der Waals surface area contributed by atoms with Gasteiger partial charge in [0, 0.05) is 13.1 Å². The second kappa shape index (κ2) is 12.8. The lowest BCUT2D eigenvalue weighted by Gasteiger charge is -2.16. The Hall–Kier alpha value is -1.60. The van der Waals surface area contributed by atoms with Gasteiger partial charge in [0.2, 0.25) is 0 Å². The molecule has 2 rings (SSSR count). The van der Waals surface area contributed by atoms with Crippen LogP contribution in [0.25, 0.3) is 0 Å². The lowest BCUT2D eigenvalue weighted by atomic mass is 10.1. The van der Waals surface area contributed by atoms with E-state index in [9.17, 15) is 0 Å². The van der Waals surface area contributed by atoms with E-state index in [0.717, 1.165) is 53.2 Å². The average Bonchev–Trinajstić information content (AvgIpc) is 2.68. The van der Waals surface area contributed by atoms with Crippen molar-refractivity contribution in [2.45, 2.75) is 33.4 Å². The van der Waals surface area contributed by atoms with Crippen LogP contribution in [0.5, 0.6) is 11.5 Å². The fourth-order valence-electron chi connectivity index (χ4n) is 2.82. The monoisotopic (exact) mass is 450 g/mol. The molecule has 28 heavy (non-hydrogen) atoms. The van der Waals surface area contributed by atoms with E-state index in [-0.39, 0.29) is 6.61 Å². The van der Waals surface area contributed by atoms with Crippen LogP contribution in [0.4, 0.5) is 0 Å². The summed E-state index contributed by atoms with van der Waals surface area (Å²) in [5, 5.41) is 15.4. The predicted octanol–water partition coefficient (Wildman–Crippen LogP) is 3.80. The largest absolute Gasteiger partial charge is 0.490 e. The maximum atomic E-state index is 8.75. The predicted molar refractivity (Wildman–Crippen MR) is 117 cm³/mol. The Kier molecular flexibility index (Phi) is 10.4. The number of halogens is 1. The molecule has 0 unspecified atom stereocenters. The third kappa shape index (κ3) is 7.43. The van der Waals surface area contributed by atoms with Crippen LogP contribution >= 0.6 is 15.9 Å². The van der Waals surface area contributed by atoms with Gasteiger partial charge < -0.3 is 25.2 Å². The molecule has 6 heteroatoms. The summed E-state index contributed by atoms with van der Waals surface area (Å²) in [5.74, 6) is 1.49. The Morgan fingerprint density at radius 2 is 1.82 bits per heavy atom. The summed E-state index contributed by atoms with van der Waals surface area (Å²) in [4.78, 5) is 0. The molecule has 0 atom stereocenters. The highest BCUT2D eigenvalue weighted by atomic mass is 79.9. The Balaban J connectivity index is 1.95. The molecule has 154 valence electrons. The van der Waals surface area contributed by atoms with E-state index in [2.05, 4.69) is 51.7 Å². The van der Waals surface area contributed by atoms with Crippen molar-refractivity contribution in [3.8, 4) is 11.5 Å². The Morgan fingerprint density at radius 3 is 2.57 bits per heavy atom. The first-order chi connectivity index (χ1) is 13.7. The molecule has 0 saturated heterocycles. The minimum atomic E-state index is 0.180. The third-order valence-corrected chi connectivity index (χ3v) is 4.92. The van der Waals surface area contributed by atoms with Gasteiger partial charge in [0.25, 0.3) is 0 Å². The minimum absolute atomic E-state index is 0.180. The van der Waals surface area contributed by atoms with Gasteiger partial charge in [0.1, 0.15) is 6.61 Å². The zero-order chi connectivity index (χ0) is 20.2. The molecule has 0 spiro atoms. The molecule has 0 amide bonds. The van der Waals surface area contributed by atoms with Gasteiger partial charge in [-0.1, -0.05) is 24.3 Å². The summed E-state index contributed by atoms with van der Waals surface area (Å²) in [6, 6.07) is 12.3. The second-order valence-electron chi connectivity index (χ2n) is 6.56. The normalized spacial score (nSPS) is 10.9. The topological polar surface area (TPSA) is 62.8 Å². The van der Waals surface area contributed by atoms with Crippen molar-refractivity contribution in [2.75, 3.05) is 32.8 Å². The van der Waals surface area contributed by atoms with E-state index in [1.54, 1.807) is 0 Å². The highest BCUT2D eigenvalue weighted by Crippen LogP contribution is 2.37. The van der Waals surface area contributed by atoms with Gasteiger partial charge in [-0.2, -0.15) is 0 Å². The zero-order valence-electron chi connectivity index (χ0n) is 16.8. The van der Waals surface area contributed by atoms with E-state index in [1.165, 1.54) is 5.56 Å². The molecule has 3 N–H and O–H groups in total. The molecule has 0 aliphatic rings. The van der Waals surface area contributed by atoms with Crippen molar-refractivity contribution in [3.05, 3.63) is 57.6 Å². The molecule has 0 heterocycles. The number of aliphatic hydroxyl groups is 1. The number of hydrogen-bond acceptors (Lipinski definition) is 5.